The lowest BCUT2D eigenvalue weighted by molar-refractivity contribution is -0.137. The summed E-state index contributed by atoms with van der Waals surface area (Å²) in [5.41, 5.74) is 0.422. The Labute approximate surface area is 143 Å². The van der Waals surface area contributed by atoms with Crippen molar-refractivity contribution in [2.45, 2.75) is 13.1 Å². The van der Waals surface area contributed by atoms with Crippen molar-refractivity contribution in [2.75, 3.05) is 5.32 Å². The number of hydrogen-bond acceptors (Lipinski definition) is 5. The van der Waals surface area contributed by atoms with Gasteiger partial charge in [0.05, 0.1) is 21.5 Å². The highest BCUT2D eigenvalue weighted by Crippen LogP contribution is 2.32. The summed E-state index contributed by atoms with van der Waals surface area (Å²) in [4.78, 5) is 17.5. The van der Waals surface area contributed by atoms with E-state index in [-0.39, 0.29) is 11.5 Å². The Morgan fingerprint density at radius 3 is 2.71 bits per heavy atom. The first-order valence-corrected chi connectivity index (χ1v) is 8.53. The molecule has 0 fully saturated rings. The molecule has 0 bridgehead atoms. The van der Waals surface area contributed by atoms with Gasteiger partial charge in [-0.05, 0) is 42.1 Å². The molecule has 0 unspecified atom stereocenters. The van der Waals surface area contributed by atoms with Gasteiger partial charge >= 0.3 is 6.18 Å². The van der Waals surface area contributed by atoms with Gasteiger partial charge < -0.3 is 5.32 Å². The van der Waals surface area contributed by atoms with Crippen LogP contribution in [0.5, 0.6) is 0 Å². The Balaban J connectivity index is 1.80. The standard InChI is InChI=1S/C16H11F3N2OS2/c1-9-5-6-23-14(9)13(22)12-8-20-15(24-12)21-11-4-2-3-10(7-11)16(17,18)19/h2-8H,1H3,(H,20,21). The number of benzene rings is 1. The molecule has 0 spiro atoms. The highest BCUT2D eigenvalue weighted by atomic mass is 32.1. The molecule has 0 saturated carbocycles. The van der Waals surface area contributed by atoms with Crippen LogP contribution in [-0.4, -0.2) is 10.8 Å². The monoisotopic (exact) mass is 368 g/mol. The second-order valence-electron chi connectivity index (χ2n) is 5.00. The first-order valence-electron chi connectivity index (χ1n) is 6.83. The van der Waals surface area contributed by atoms with Gasteiger partial charge in [0, 0.05) is 5.69 Å². The molecule has 3 nitrogen and oxygen atoms in total. The van der Waals surface area contributed by atoms with Crippen LogP contribution in [-0.2, 0) is 6.18 Å². The van der Waals surface area contributed by atoms with Gasteiger partial charge in [0.25, 0.3) is 0 Å². The Kier molecular flexibility index (Phi) is 4.42. The second-order valence-corrected chi connectivity index (χ2v) is 6.94. The molecule has 0 aliphatic heterocycles. The molecule has 0 aliphatic carbocycles. The Morgan fingerprint density at radius 1 is 1.25 bits per heavy atom. The molecule has 1 aromatic carbocycles. The maximum absolute atomic E-state index is 12.7. The van der Waals surface area contributed by atoms with Gasteiger partial charge in [-0.3, -0.25) is 4.79 Å². The summed E-state index contributed by atoms with van der Waals surface area (Å²) in [5.74, 6) is -0.128. The first kappa shape index (κ1) is 16.7. The van der Waals surface area contributed by atoms with Crippen LogP contribution in [0.1, 0.15) is 25.7 Å². The second kappa shape index (κ2) is 6.37. The third-order valence-corrected chi connectivity index (χ3v) is 5.17. The van der Waals surface area contributed by atoms with Crippen molar-refractivity contribution in [1.82, 2.24) is 4.98 Å². The number of rotatable bonds is 4. The molecular formula is C16H11F3N2OS2. The number of hydrogen-bond donors (Lipinski definition) is 1. The normalized spacial score (nSPS) is 11.5. The molecule has 0 radical (unpaired) electrons. The number of ketones is 1. The van der Waals surface area contributed by atoms with Crippen molar-refractivity contribution in [2.24, 2.45) is 0 Å². The number of carbonyl (C=O) groups is 1. The number of aryl methyl sites for hydroxylation is 1. The van der Waals surface area contributed by atoms with E-state index in [9.17, 15) is 18.0 Å². The van der Waals surface area contributed by atoms with Gasteiger partial charge in [0.2, 0.25) is 5.78 Å². The van der Waals surface area contributed by atoms with Gasteiger partial charge in [0.1, 0.15) is 0 Å². The largest absolute Gasteiger partial charge is 0.416 e. The average molecular weight is 368 g/mol. The smallest absolute Gasteiger partial charge is 0.332 e. The zero-order valence-electron chi connectivity index (χ0n) is 12.3. The fourth-order valence-electron chi connectivity index (χ4n) is 2.05. The zero-order chi connectivity index (χ0) is 17.3. The lowest BCUT2D eigenvalue weighted by Gasteiger charge is -2.08. The van der Waals surface area contributed by atoms with Crippen LogP contribution in [0.2, 0.25) is 0 Å². The molecule has 0 amide bonds. The lowest BCUT2D eigenvalue weighted by atomic mass is 10.2. The molecule has 0 atom stereocenters. The Hall–Kier alpha value is -2.19. The third-order valence-electron chi connectivity index (χ3n) is 3.24. The minimum absolute atomic E-state index is 0.128. The van der Waals surface area contributed by atoms with Crippen molar-refractivity contribution in [3.05, 3.63) is 62.8 Å². The molecule has 0 aliphatic rings. The minimum Gasteiger partial charge on any atom is -0.332 e. The molecule has 8 heteroatoms. The molecule has 124 valence electrons. The number of thiophene rings is 1. The number of aromatic nitrogens is 1. The van der Waals surface area contributed by atoms with E-state index in [2.05, 4.69) is 10.3 Å². The topological polar surface area (TPSA) is 42.0 Å². The highest BCUT2D eigenvalue weighted by Gasteiger charge is 2.30. The van der Waals surface area contributed by atoms with Gasteiger partial charge in [-0.15, -0.1) is 11.3 Å². The predicted molar refractivity (Wildman–Crippen MR) is 89.3 cm³/mol. The summed E-state index contributed by atoms with van der Waals surface area (Å²) in [7, 11) is 0. The van der Waals surface area contributed by atoms with E-state index in [0.717, 1.165) is 29.0 Å². The van der Waals surface area contributed by atoms with E-state index in [0.29, 0.717) is 14.9 Å². The minimum atomic E-state index is -4.40. The van der Waals surface area contributed by atoms with Crippen molar-refractivity contribution in [3.63, 3.8) is 0 Å². The molecule has 3 rings (SSSR count). The first-order chi connectivity index (χ1) is 11.3. The van der Waals surface area contributed by atoms with Gasteiger partial charge in [-0.25, -0.2) is 4.98 Å². The van der Waals surface area contributed by atoms with E-state index in [4.69, 9.17) is 0 Å². The molecule has 1 N–H and O–H groups in total. The van der Waals surface area contributed by atoms with Crippen LogP contribution < -0.4 is 5.32 Å². The molecule has 2 heterocycles. The summed E-state index contributed by atoms with van der Waals surface area (Å²) >= 11 is 2.46. The van der Waals surface area contributed by atoms with Crippen molar-refractivity contribution >= 4 is 39.3 Å². The van der Waals surface area contributed by atoms with Gasteiger partial charge in [-0.2, -0.15) is 13.2 Å². The highest BCUT2D eigenvalue weighted by molar-refractivity contribution is 7.19. The van der Waals surface area contributed by atoms with Crippen LogP contribution in [0.4, 0.5) is 24.0 Å². The maximum Gasteiger partial charge on any atom is 0.416 e. The van der Waals surface area contributed by atoms with E-state index < -0.39 is 11.7 Å². The number of carbonyl (C=O) groups excluding carboxylic acids is 1. The predicted octanol–water partition coefficient (Wildman–Crippen LogP) is 5.51. The number of alkyl halides is 3. The van der Waals surface area contributed by atoms with Crippen LogP contribution in [0.15, 0.2) is 41.9 Å². The lowest BCUT2D eigenvalue weighted by Crippen LogP contribution is -2.05. The molecular weight excluding hydrogens is 357 g/mol. The summed E-state index contributed by atoms with van der Waals surface area (Å²) in [6.45, 7) is 1.85. The Morgan fingerprint density at radius 2 is 2.04 bits per heavy atom. The van der Waals surface area contributed by atoms with Gasteiger partial charge in [-0.1, -0.05) is 17.4 Å². The van der Waals surface area contributed by atoms with E-state index in [1.54, 1.807) is 0 Å². The van der Waals surface area contributed by atoms with Crippen LogP contribution in [0.25, 0.3) is 0 Å². The van der Waals surface area contributed by atoms with E-state index >= 15 is 0 Å². The van der Waals surface area contributed by atoms with Crippen LogP contribution in [0, 0.1) is 6.92 Å². The Bertz CT molecular complexity index is 883. The van der Waals surface area contributed by atoms with Crippen LogP contribution in [0.3, 0.4) is 0 Å². The number of halogens is 3. The summed E-state index contributed by atoms with van der Waals surface area (Å²) in [6, 6.07) is 6.70. The van der Waals surface area contributed by atoms with E-state index in [1.807, 2.05) is 18.4 Å². The summed E-state index contributed by atoms with van der Waals surface area (Å²) < 4.78 is 38.2. The van der Waals surface area contributed by atoms with Gasteiger partial charge in [0.15, 0.2) is 5.13 Å². The maximum atomic E-state index is 12.7. The number of thiazole rings is 1. The number of nitrogens with zero attached hydrogens (tertiary/aromatic N) is 1. The molecule has 2 aromatic heterocycles. The molecule has 0 saturated heterocycles. The van der Waals surface area contributed by atoms with Crippen molar-refractivity contribution in [1.29, 1.82) is 0 Å². The van der Waals surface area contributed by atoms with Crippen molar-refractivity contribution in [3.8, 4) is 0 Å². The van der Waals surface area contributed by atoms with Crippen LogP contribution >= 0.6 is 22.7 Å². The number of anilines is 2. The number of nitrogens with one attached hydrogen (secondary N) is 1. The summed E-state index contributed by atoms with van der Waals surface area (Å²) in [6.07, 6.45) is -2.97. The molecule has 3 aromatic rings. The third kappa shape index (κ3) is 3.49. The quantitative estimate of drug-likeness (QED) is 0.618. The SMILES string of the molecule is Cc1ccsc1C(=O)c1cnc(Nc2cccc(C(F)(F)F)c2)s1. The van der Waals surface area contributed by atoms with E-state index in [1.165, 1.54) is 29.7 Å². The summed E-state index contributed by atoms with van der Waals surface area (Å²) in [5, 5.41) is 5.02. The molecule has 24 heavy (non-hydrogen) atoms. The zero-order valence-corrected chi connectivity index (χ0v) is 14.0. The fraction of sp³-hybridized carbons (Fsp3) is 0.125. The van der Waals surface area contributed by atoms with Crippen molar-refractivity contribution < 1.29 is 18.0 Å². The fourth-order valence-corrected chi connectivity index (χ4v) is 3.78. The average Bonchev–Trinajstić information content (AvgIpc) is 3.15.